The van der Waals surface area contributed by atoms with Gasteiger partial charge in [-0.2, -0.15) is 11.8 Å². The largest absolute Gasteiger partial charge is 0.481 e. The van der Waals surface area contributed by atoms with Crippen molar-refractivity contribution in [1.29, 1.82) is 0 Å². The Morgan fingerprint density at radius 3 is 2.52 bits per heavy atom. The Morgan fingerprint density at radius 2 is 1.85 bits per heavy atom. The number of rotatable bonds is 11. The molecule has 1 aliphatic carbocycles. The van der Waals surface area contributed by atoms with Crippen molar-refractivity contribution in [3.05, 3.63) is 34.9 Å². The first-order valence-corrected chi connectivity index (χ1v) is 10.8. The molecule has 0 saturated heterocycles. The van der Waals surface area contributed by atoms with Crippen LogP contribution >= 0.6 is 23.4 Å². The molecule has 27 heavy (non-hydrogen) atoms. The highest BCUT2D eigenvalue weighted by atomic mass is 35.5. The maximum Gasteiger partial charge on any atom is 0.303 e. The molecule has 1 fully saturated rings. The van der Waals surface area contributed by atoms with E-state index >= 15 is 0 Å². The lowest BCUT2D eigenvalue weighted by Gasteiger charge is -2.22. The van der Waals surface area contributed by atoms with Crippen LogP contribution in [-0.2, 0) is 9.59 Å². The lowest BCUT2D eigenvalue weighted by molar-refractivity contribution is -0.137. The summed E-state index contributed by atoms with van der Waals surface area (Å²) >= 11 is 7.31. The zero-order valence-corrected chi connectivity index (χ0v) is 16.8. The highest BCUT2D eigenvalue weighted by Gasteiger charge is 2.41. The number of benzene rings is 1. The van der Waals surface area contributed by atoms with Crippen LogP contribution in [0.15, 0.2) is 24.3 Å². The number of carbonyl (C=O) groups is 2. The third kappa shape index (κ3) is 7.11. The zero-order chi connectivity index (χ0) is 19.8. The predicted molar refractivity (Wildman–Crippen MR) is 107 cm³/mol. The van der Waals surface area contributed by atoms with Gasteiger partial charge in [0.05, 0.1) is 12.2 Å². The van der Waals surface area contributed by atoms with Gasteiger partial charge in [-0.1, -0.05) is 43.0 Å². The van der Waals surface area contributed by atoms with Crippen LogP contribution in [0.1, 0.15) is 56.6 Å². The number of hydrogen-bond donors (Lipinski definition) is 3. The summed E-state index contributed by atoms with van der Waals surface area (Å²) in [6.45, 7) is 0. The maximum absolute atomic E-state index is 12.2. The SMILES string of the molecule is O=C(O)CCCCCC[C@H]1C(=O)CC(O)[C@@H]1SCC(O)c1ccc(Cl)cc1. The summed E-state index contributed by atoms with van der Waals surface area (Å²) in [6.07, 6.45) is 2.95. The molecule has 2 rings (SSSR count). The van der Waals surface area contributed by atoms with Gasteiger partial charge in [-0.25, -0.2) is 0 Å². The van der Waals surface area contributed by atoms with Crippen molar-refractivity contribution in [3.63, 3.8) is 0 Å². The van der Waals surface area contributed by atoms with Gasteiger partial charge in [0, 0.05) is 34.8 Å². The molecule has 0 heterocycles. The first-order valence-electron chi connectivity index (χ1n) is 9.36. The highest BCUT2D eigenvalue weighted by Crippen LogP contribution is 2.38. The summed E-state index contributed by atoms with van der Waals surface area (Å²) < 4.78 is 0. The topological polar surface area (TPSA) is 94.8 Å². The molecule has 5 nitrogen and oxygen atoms in total. The van der Waals surface area contributed by atoms with E-state index in [0.29, 0.717) is 23.6 Å². The normalized spacial score (nSPS) is 23.5. The number of unbranched alkanes of at least 4 members (excludes halogenated alkanes) is 3. The van der Waals surface area contributed by atoms with Crippen LogP contribution in [0.5, 0.6) is 0 Å². The second kappa shape index (κ2) is 11.1. The molecule has 0 bridgehead atoms. The molecular formula is C20H27ClO5S. The van der Waals surface area contributed by atoms with Crippen molar-refractivity contribution >= 4 is 35.1 Å². The minimum atomic E-state index is -0.778. The molecule has 1 saturated carbocycles. The van der Waals surface area contributed by atoms with Crippen molar-refractivity contribution in [2.45, 2.75) is 62.4 Å². The maximum atomic E-state index is 12.2. The van der Waals surface area contributed by atoms with Crippen molar-refractivity contribution in [1.82, 2.24) is 0 Å². The lowest BCUT2D eigenvalue weighted by atomic mass is 9.98. The van der Waals surface area contributed by atoms with E-state index in [-0.39, 0.29) is 29.8 Å². The van der Waals surface area contributed by atoms with E-state index in [4.69, 9.17) is 16.7 Å². The van der Waals surface area contributed by atoms with Crippen molar-refractivity contribution in [3.8, 4) is 0 Å². The average Bonchev–Trinajstić information content (AvgIpc) is 2.89. The molecule has 0 amide bonds. The van der Waals surface area contributed by atoms with E-state index in [1.54, 1.807) is 24.3 Å². The van der Waals surface area contributed by atoms with Gasteiger partial charge in [-0.05, 0) is 30.5 Å². The van der Waals surface area contributed by atoms with Gasteiger partial charge in [0.2, 0.25) is 0 Å². The van der Waals surface area contributed by atoms with Crippen molar-refractivity contribution in [2.24, 2.45) is 5.92 Å². The smallest absolute Gasteiger partial charge is 0.303 e. The van der Waals surface area contributed by atoms with Crippen LogP contribution in [-0.4, -0.2) is 44.2 Å². The second-order valence-corrected chi connectivity index (χ2v) is 8.70. The van der Waals surface area contributed by atoms with Gasteiger partial charge in [0.25, 0.3) is 0 Å². The van der Waals surface area contributed by atoms with Crippen molar-refractivity contribution < 1.29 is 24.9 Å². The number of carbonyl (C=O) groups excluding carboxylic acids is 1. The van der Waals surface area contributed by atoms with Gasteiger partial charge in [-0.15, -0.1) is 0 Å². The summed E-state index contributed by atoms with van der Waals surface area (Å²) in [4.78, 5) is 22.7. The number of ketones is 1. The Kier molecular flexibility index (Phi) is 9.09. The highest BCUT2D eigenvalue weighted by molar-refractivity contribution is 8.00. The Balaban J connectivity index is 1.79. The quantitative estimate of drug-likeness (QED) is 0.476. The van der Waals surface area contributed by atoms with Crippen LogP contribution in [0.3, 0.4) is 0 Å². The van der Waals surface area contributed by atoms with Crippen LogP contribution in [0.25, 0.3) is 0 Å². The number of carboxylic acid groups (broad SMARTS) is 1. The summed E-state index contributed by atoms with van der Waals surface area (Å²) in [6, 6.07) is 7.01. The number of Topliss-reactive ketones (excluding diaryl/α,β-unsaturated/α-hetero) is 1. The first-order chi connectivity index (χ1) is 12.9. The Bertz CT molecular complexity index is 621. The Labute approximate surface area is 169 Å². The van der Waals surface area contributed by atoms with Gasteiger partial charge < -0.3 is 15.3 Å². The summed E-state index contributed by atoms with van der Waals surface area (Å²) in [7, 11) is 0. The van der Waals surface area contributed by atoms with Gasteiger partial charge in [-0.3, -0.25) is 9.59 Å². The number of thioether (sulfide) groups is 1. The monoisotopic (exact) mass is 414 g/mol. The van der Waals surface area contributed by atoms with Crippen LogP contribution in [0.4, 0.5) is 0 Å². The van der Waals surface area contributed by atoms with E-state index in [0.717, 1.165) is 24.8 Å². The number of aliphatic hydroxyl groups is 2. The van der Waals surface area contributed by atoms with Crippen molar-refractivity contribution in [2.75, 3.05) is 5.75 Å². The van der Waals surface area contributed by atoms with Gasteiger partial charge >= 0.3 is 5.97 Å². The summed E-state index contributed by atoms with van der Waals surface area (Å²) in [5.41, 5.74) is 0.765. The zero-order valence-electron chi connectivity index (χ0n) is 15.2. The number of aliphatic hydroxyl groups excluding tert-OH is 2. The number of hydrogen-bond acceptors (Lipinski definition) is 5. The fourth-order valence-electron chi connectivity index (χ4n) is 3.45. The molecule has 1 aromatic carbocycles. The van der Waals surface area contributed by atoms with Gasteiger partial charge in [0.15, 0.2) is 0 Å². The average molecular weight is 415 g/mol. The van der Waals surface area contributed by atoms with Crippen LogP contribution in [0, 0.1) is 5.92 Å². The first kappa shape index (κ1) is 22.2. The molecule has 1 aliphatic rings. The minimum Gasteiger partial charge on any atom is -0.481 e. The van der Waals surface area contributed by atoms with E-state index in [1.165, 1.54) is 11.8 Å². The Morgan fingerprint density at radius 1 is 1.19 bits per heavy atom. The molecule has 0 radical (unpaired) electrons. The molecule has 2 unspecified atom stereocenters. The number of aliphatic carboxylic acids is 1. The third-order valence-corrected chi connectivity index (χ3v) is 6.74. The second-order valence-electron chi connectivity index (χ2n) is 7.06. The predicted octanol–water partition coefficient (Wildman–Crippen LogP) is 3.85. The summed E-state index contributed by atoms with van der Waals surface area (Å²) in [5, 5.41) is 29.6. The van der Waals surface area contributed by atoms with Gasteiger partial charge in [0.1, 0.15) is 5.78 Å². The minimum absolute atomic E-state index is 0.0894. The lowest BCUT2D eigenvalue weighted by Crippen LogP contribution is -2.24. The van der Waals surface area contributed by atoms with Crippen LogP contribution < -0.4 is 0 Å². The Hall–Kier alpha value is -1.08. The fraction of sp³-hybridized carbons (Fsp3) is 0.600. The van der Waals surface area contributed by atoms with E-state index < -0.39 is 18.2 Å². The van der Waals surface area contributed by atoms with E-state index in [1.807, 2.05) is 0 Å². The molecule has 1 aromatic rings. The third-order valence-electron chi connectivity index (χ3n) is 4.96. The van der Waals surface area contributed by atoms with E-state index in [9.17, 15) is 19.8 Å². The molecule has 3 N–H and O–H groups in total. The summed E-state index contributed by atoms with van der Waals surface area (Å²) in [5.74, 6) is -0.473. The molecule has 4 atom stereocenters. The molecule has 150 valence electrons. The molecular weight excluding hydrogens is 388 g/mol. The standard InChI is InChI=1S/C20H27ClO5S/c21-14-9-7-13(8-10-14)18(24)12-27-20-15(16(22)11-17(20)23)5-3-1-2-4-6-19(25)26/h7-10,15,17-18,20,23-24H,1-6,11-12H2,(H,25,26)/t15-,17?,18?,20+/m0/s1. The molecule has 0 spiro atoms. The van der Waals surface area contributed by atoms with Crippen LogP contribution in [0.2, 0.25) is 5.02 Å². The fourth-order valence-corrected chi connectivity index (χ4v) is 5.02. The molecule has 0 aromatic heterocycles. The van der Waals surface area contributed by atoms with E-state index in [2.05, 4.69) is 0 Å². The molecule has 0 aliphatic heterocycles. The molecule has 7 heteroatoms. The number of halogens is 1. The number of carboxylic acids is 1.